The van der Waals surface area contributed by atoms with Gasteiger partial charge in [-0.05, 0) is 37.5 Å². The first-order valence-corrected chi connectivity index (χ1v) is 7.98. The Kier molecular flexibility index (Phi) is 3.96. The van der Waals surface area contributed by atoms with Gasteiger partial charge in [0.15, 0.2) is 11.2 Å². The molecular formula is C16H15N3O3S. The topological polar surface area (TPSA) is 85.1 Å². The SMILES string of the molecule is CCc1nnc(NC(=O)c2cc(=O)c3c(C)cc(C)cc3o2)s1. The van der Waals surface area contributed by atoms with Crippen LogP contribution in [-0.4, -0.2) is 16.1 Å². The maximum absolute atomic E-state index is 12.3. The molecule has 3 rings (SSSR count). The van der Waals surface area contributed by atoms with Gasteiger partial charge in [0.25, 0.3) is 5.91 Å². The lowest BCUT2D eigenvalue weighted by Gasteiger charge is -2.05. The Hall–Kier alpha value is -2.54. The molecule has 1 aromatic carbocycles. The summed E-state index contributed by atoms with van der Waals surface area (Å²) in [5.41, 5.74) is 1.97. The van der Waals surface area contributed by atoms with E-state index in [1.54, 1.807) is 6.07 Å². The number of amides is 1. The fraction of sp³-hybridized carbons (Fsp3) is 0.250. The number of aromatic nitrogens is 2. The predicted octanol–water partition coefficient (Wildman–Crippen LogP) is 3.08. The summed E-state index contributed by atoms with van der Waals surface area (Å²) in [6.07, 6.45) is 0.747. The monoisotopic (exact) mass is 329 g/mol. The maximum Gasteiger partial charge on any atom is 0.293 e. The molecule has 0 spiro atoms. The molecule has 0 bridgehead atoms. The number of benzene rings is 1. The van der Waals surface area contributed by atoms with Crippen LogP contribution < -0.4 is 10.7 Å². The van der Waals surface area contributed by atoms with Gasteiger partial charge in [-0.15, -0.1) is 10.2 Å². The van der Waals surface area contributed by atoms with Crippen molar-refractivity contribution in [3.8, 4) is 0 Å². The average Bonchev–Trinajstić information content (AvgIpc) is 2.93. The standard InChI is InChI=1S/C16H15N3O3S/c1-4-13-18-19-16(23-13)17-15(21)12-7-10(20)14-9(3)5-8(2)6-11(14)22-12/h5-7H,4H2,1-3H3,(H,17,19,21). The second-order valence-electron chi connectivity index (χ2n) is 5.24. The molecule has 6 nitrogen and oxygen atoms in total. The Balaban J connectivity index is 1.99. The summed E-state index contributed by atoms with van der Waals surface area (Å²) >= 11 is 1.29. The van der Waals surface area contributed by atoms with Crippen molar-refractivity contribution in [2.24, 2.45) is 0 Å². The van der Waals surface area contributed by atoms with Crippen molar-refractivity contribution < 1.29 is 9.21 Å². The molecule has 2 heterocycles. The Morgan fingerprint density at radius 2 is 2.04 bits per heavy atom. The molecular weight excluding hydrogens is 314 g/mol. The van der Waals surface area contributed by atoms with Crippen molar-refractivity contribution in [3.05, 3.63) is 50.3 Å². The van der Waals surface area contributed by atoms with E-state index in [4.69, 9.17) is 4.42 Å². The number of fused-ring (bicyclic) bond motifs is 1. The number of hydrogen-bond donors (Lipinski definition) is 1. The Labute approximate surface area is 136 Å². The van der Waals surface area contributed by atoms with E-state index in [2.05, 4.69) is 15.5 Å². The van der Waals surface area contributed by atoms with E-state index < -0.39 is 5.91 Å². The van der Waals surface area contributed by atoms with Gasteiger partial charge in [-0.25, -0.2) is 0 Å². The summed E-state index contributed by atoms with van der Waals surface area (Å²) < 4.78 is 5.62. The highest BCUT2D eigenvalue weighted by atomic mass is 32.1. The zero-order valence-corrected chi connectivity index (χ0v) is 13.8. The minimum Gasteiger partial charge on any atom is -0.451 e. The molecule has 118 valence electrons. The number of carbonyl (C=O) groups excluding carboxylic acids is 1. The number of hydrogen-bond acceptors (Lipinski definition) is 6. The van der Waals surface area contributed by atoms with E-state index in [-0.39, 0.29) is 11.2 Å². The van der Waals surface area contributed by atoms with Gasteiger partial charge in [0.1, 0.15) is 10.6 Å². The number of rotatable bonds is 3. The third kappa shape index (κ3) is 3.00. The molecule has 3 aromatic rings. The smallest absolute Gasteiger partial charge is 0.293 e. The summed E-state index contributed by atoms with van der Waals surface area (Å²) in [6.45, 7) is 5.71. The van der Waals surface area contributed by atoms with Crippen LogP contribution in [0.15, 0.2) is 27.4 Å². The van der Waals surface area contributed by atoms with Crippen molar-refractivity contribution in [3.63, 3.8) is 0 Å². The van der Waals surface area contributed by atoms with Crippen molar-refractivity contribution in [1.29, 1.82) is 0 Å². The Bertz CT molecular complexity index is 959. The minimum absolute atomic E-state index is 0.0410. The number of carbonyl (C=O) groups is 1. The first-order chi connectivity index (χ1) is 11.0. The van der Waals surface area contributed by atoms with Gasteiger partial charge >= 0.3 is 0 Å². The van der Waals surface area contributed by atoms with Crippen LogP contribution >= 0.6 is 11.3 Å². The highest BCUT2D eigenvalue weighted by Crippen LogP contribution is 2.20. The molecule has 0 fully saturated rings. The van der Waals surface area contributed by atoms with Crippen LogP contribution in [0.25, 0.3) is 11.0 Å². The van der Waals surface area contributed by atoms with Gasteiger partial charge in [0.05, 0.1) is 5.39 Å². The lowest BCUT2D eigenvalue weighted by atomic mass is 10.1. The van der Waals surface area contributed by atoms with Crippen molar-refractivity contribution >= 4 is 33.3 Å². The van der Waals surface area contributed by atoms with E-state index in [0.717, 1.165) is 22.6 Å². The van der Waals surface area contributed by atoms with Crippen molar-refractivity contribution in [2.75, 3.05) is 5.32 Å². The molecule has 0 saturated heterocycles. The van der Waals surface area contributed by atoms with Gasteiger partial charge < -0.3 is 4.42 Å². The first-order valence-electron chi connectivity index (χ1n) is 7.16. The largest absolute Gasteiger partial charge is 0.451 e. The Morgan fingerprint density at radius 1 is 1.26 bits per heavy atom. The summed E-state index contributed by atoms with van der Waals surface area (Å²) in [6, 6.07) is 4.87. The molecule has 0 saturated carbocycles. The summed E-state index contributed by atoms with van der Waals surface area (Å²) in [5, 5.41) is 12.1. The van der Waals surface area contributed by atoms with Crippen LogP contribution in [-0.2, 0) is 6.42 Å². The fourth-order valence-corrected chi connectivity index (χ4v) is 3.06. The quantitative estimate of drug-likeness (QED) is 0.798. The molecule has 0 radical (unpaired) electrons. The molecule has 1 N–H and O–H groups in total. The second-order valence-corrected chi connectivity index (χ2v) is 6.30. The van der Waals surface area contributed by atoms with Gasteiger partial charge in [-0.3, -0.25) is 14.9 Å². The van der Waals surface area contributed by atoms with Crippen molar-refractivity contribution in [1.82, 2.24) is 10.2 Å². The molecule has 0 aliphatic heterocycles. The van der Waals surface area contributed by atoms with Gasteiger partial charge in [0.2, 0.25) is 5.13 Å². The van der Waals surface area contributed by atoms with E-state index in [1.807, 2.05) is 26.8 Å². The van der Waals surface area contributed by atoms with E-state index in [0.29, 0.717) is 16.1 Å². The zero-order chi connectivity index (χ0) is 16.6. The zero-order valence-electron chi connectivity index (χ0n) is 13.0. The fourth-order valence-electron chi connectivity index (χ4n) is 2.38. The number of anilines is 1. The van der Waals surface area contributed by atoms with E-state index >= 15 is 0 Å². The van der Waals surface area contributed by atoms with E-state index in [9.17, 15) is 9.59 Å². The van der Waals surface area contributed by atoms with E-state index in [1.165, 1.54) is 17.4 Å². The lowest BCUT2D eigenvalue weighted by Crippen LogP contribution is -2.15. The van der Waals surface area contributed by atoms with Crippen LogP contribution in [0.3, 0.4) is 0 Å². The number of nitrogens with one attached hydrogen (secondary N) is 1. The molecule has 7 heteroatoms. The third-order valence-corrected chi connectivity index (χ3v) is 4.37. The van der Waals surface area contributed by atoms with Gasteiger partial charge in [-0.1, -0.05) is 24.3 Å². The first kappa shape index (κ1) is 15.4. The molecule has 0 aliphatic rings. The molecule has 0 atom stereocenters. The molecule has 0 unspecified atom stereocenters. The van der Waals surface area contributed by atoms with Crippen LogP contribution in [0.2, 0.25) is 0 Å². The summed E-state index contributed by atoms with van der Waals surface area (Å²) in [4.78, 5) is 24.5. The van der Waals surface area contributed by atoms with Gasteiger partial charge in [0, 0.05) is 6.07 Å². The highest BCUT2D eigenvalue weighted by molar-refractivity contribution is 7.15. The second kappa shape index (κ2) is 5.92. The van der Waals surface area contributed by atoms with Crippen molar-refractivity contribution in [2.45, 2.75) is 27.2 Å². The molecule has 23 heavy (non-hydrogen) atoms. The number of aryl methyl sites for hydroxylation is 3. The summed E-state index contributed by atoms with van der Waals surface area (Å²) in [5.74, 6) is -0.553. The highest BCUT2D eigenvalue weighted by Gasteiger charge is 2.15. The average molecular weight is 329 g/mol. The van der Waals surface area contributed by atoms with Crippen LogP contribution in [0.1, 0.15) is 33.6 Å². The third-order valence-electron chi connectivity index (χ3n) is 3.39. The number of nitrogens with zero attached hydrogens (tertiary/aromatic N) is 2. The summed E-state index contributed by atoms with van der Waals surface area (Å²) in [7, 11) is 0. The van der Waals surface area contributed by atoms with Crippen LogP contribution in [0.4, 0.5) is 5.13 Å². The molecule has 2 aromatic heterocycles. The maximum atomic E-state index is 12.3. The minimum atomic E-state index is -0.512. The Morgan fingerprint density at radius 3 is 2.74 bits per heavy atom. The molecule has 0 aliphatic carbocycles. The van der Waals surface area contributed by atoms with Crippen LogP contribution in [0.5, 0.6) is 0 Å². The molecule has 1 amide bonds. The predicted molar refractivity (Wildman–Crippen MR) is 89.2 cm³/mol. The van der Waals surface area contributed by atoms with Crippen LogP contribution in [0, 0.1) is 13.8 Å². The normalized spacial score (nSPS) is 10.9. The lowest BCUT2D eigenvalue weighted by molar-refractivity contribution is 0.0997. The van der Waals surface area contributed by atoms with Gasteiger partial charge in [-0.2, -0.15) is 0 Å².